The Balaban J connectivity index is 0. The Kier molecular flexibility index (Phi) is 13.4. The molecular formula is C5H12Na2. The van der Waals surface area contributed by atoms with Gasteiger partial charge in [0, 0.05) is 0 Å². The van der Waals surface area contributed by atoms with Gasteiger partial charge in [0.15, 0.2) is 0 Å². The first-order chi connectivity index (χ1) is 2.50. The maximum atomic E-state index is 1.50. The predicted octanol–water partition coefficient (Wildman–Crippen LogP) is 0.653. The average molecular weight is 118 g/mol. The van der Waals surface area contributed by atoms with Crippen LogP contribution in [0.1, 0.15) is 32.1 Å². The van der Waals surface area contributed by atoms with E-state index in [0.717, 1.165) is 0 Å². The van der Waals surface area contributed by atoms with Gasteiger partial charge in [0.2, 0.25) is 0 Å². The summed E-state index contributed by atoms with van der Waals surface area (Å²) >= 11 is 0. The van der Waals surface area contributed by atoms with E-state index in [1.54, 1.807) is 0 Å². The first-order valence-corrected chi connectivity index (χ1v) is 2.50. The molecule has 0 nitrogen and oxygen atoms in total. The van der Waals surface area contributed by atoms with E-state index in [2.05, 4.69) is 0 Å². The first kappa shape index (κ1) is 11.8. The Bertz CT molecular complexity index is 17.7. The van der Waals surface area contributed by atoms with Crippen molar-refractivity contribution in [3.63, 3.8) is 0 Å². The Morgan fingerprint density at radius 1 is 0.429 bits per heavy atom. The molecule has 0 amide bonds. The van der Waals surface area contributed by atoms with Gasteiger partial charge in [-0.3, -0.25) is 0 Å². The van der Waals surface area contributed by atoms with Crippen LogP contribution in [0.3, 0.4) is 0 Å². The molecule has 0 saturated heterocycles. The quantitative estimate of drug-likeness (QED) is 0.410. The summed E-state index contributed by atoms with van der Waals surface area (Å²) in [5, 5.41) is 0. The molecule has 1 fully saturated rings. The van der Waals surface area contributed by atoms with Crippen LogP contribution < -0.4 is 0 Å². The SMILES string of the molecule is C1CCCC1.[NaH].[NaH]. The van der Waals surface area contributed by atoms with E-state index in [4.69, 9.17) is 0 Å². The van der Waals surface area contributed by atoms with E-state index in [-0.39, 0.29) is 59.1 Å². The maximum absolute atomic E-state index is 1.50. The second-order valence-electron chi connectivity index (χ2n) is 1.77. The van der Waals surface area contributed by atoms with E-state index < -0.39 is 0 Å². The molecule has 0 atom stereocenters. The van der Waals surface area contributed by atoms with Crippen LogP contribution in [0.4, 0.5) is 0 Å². The minimum absolute atomic E-state index is 0. The van der Waals surface area contributed by atoms with E-state index in [1.807, 2.05) is 0 Å². The molecule has 0 N–H and O–H groups in total. The van der Waals surface area contributed by atoms with Crippen molar-refractivity contribution >= 4 is 59.1 Å². The second kappa shape index (κ2) is 8.00. The summed E-state index contributed by atoms with van der Waals surface area (Å²) in [6, 6.07) is 0. The molecule has 1 aliphatic rings. The molecule has 34 valence electrons. The molecule has 7 heavy (non-hydrogen) atoms. The number of rotatable bonds is 0. The van der Waals surface area contributed by atoms with Gasteiger partial charge < -0.3 is 0 Å². The third-order valence-electron chi connectivity index (χ3n) is 1.25. The van der Waals surface area contributed by atoms with Gasteiger partial charge in [-0.2, -0.15) is 0 Å². The van der Waals surface area contributed by atoms with Gasteiger partial charge in [-0.25, -0.2) is 0 Å². The second-order valence-corrected chi connectivity index (χ2v) is 1.77. The van der Waals surface area contributed by atoms with Crippen molar-refractivity contribution in [1.29, 1.82) is 0 Å². The van der Waals surface area contributed by atoms with Crippen molar-refractivity contribution in [2.24, 2.45) is 0 Å². The minimum atomic E-state index is 0. The van der Waals surface area contributed by atoms with E-state index >= 15 is 0 Å². The van der Waals surface area contributed by atoms with Gasteiger partial charge in [-0.15, -0.1) is 0 Å². The van der Waals surface area contributed by atoms with Crippen LogP contribution in [-0.4, -0.2) is 59.1 Å². The molecule has 0 bridgehead atoms. The molecule has 0 unspecified atom stereocenters. The van der Waals surface area contributed by atoms with Crippen molar-refractivity contribution in [3.05, 3.63) is 0 Å². The summed E-state index contributed by atoms with van der Waals surface area (Å²) in [5.74, 6) is 0. The molecule has 0 radical (unpaired) electrons. The van der Waals surface area contributed by atoms with Crippen molar-refractivity contribution in [2.75, 3.05) is 0 Å². The molecule has 0 aromatic rings. The molecular weight excluding hydrogens is 106 g/mol. The molecule has 1 saturated carbocycles. The van der Waals surface area contributed by atoms with E-state index in [0.29, 0.717) is 0 Å². The molecule has 2 heteroatoms. The number of hydrogen-bond donors (Lipinski definition) is 0. The standard InChI is InChI=1S/C5H10.2Na.2H/c1-2-4-5-3-1;;;;/h1-5H2;;;;. The molecule has 0 spiro atoms. The van der Waals surface area contributed by atoms with Gasteiger partial charge >= 0.3 is 59.1 Å². The zero-order valence-corrected chi connectivity index (χ0v) is 3.54. The fraction of sp³-hybridized carbons (Fsp3) is 1.00. The Hall–Kier alpha value is 2.00. The van der Waals surface area contributed by atoms with Crippen LogP contribution in [-0.2, 0) is 0 Å². The summed E-state index contributed by atoms with van der Waals surface area (Å²) in [6.45, 7) is 0. The van der Waals surface area contributed by atoms with Gasteiger partial charge in [0.1, 0.15) is 0 Å². The summed E-state index contributed by atoms with van der Waals surface area (Å²) < 4.78 is 0. The van der Waals surface area contributed by atoms with Crippen LogP contribution in [0.25, 0.3) is 0 Å². The third-order valence-corrected chi connectivity index (χ3v) is 1.25. The van der Waals surface area contributed by atoms with Crippen molar-refractivity contribution in [1.82, 2.24) is 0 Å². The zero-order valence-electron chi connectivity index (χ0n) is 3.54. The first-order valence-electron chi connectivity index (χ1n) is 2.50. The van der Waals surface area contributed by atoms with Crippen molar-refractivity contribution in [3.8, 4) is 0 Å². The predicted molar refractivity (Wildman–Crippen MR) is 37.4 cm³/mol. The molecule has 0 aliphatic heterocycles. The average Bonchev–Trinajstić information content (AvgIpc) is 1.76. The van der Waals surface area contributed by atoms with Gasteiger partial charge in [0.25, 0.3) is 0 Å². The molecule has 1 aliphatic carbocycles. The molecule has 0 aromatic carbocycles. The molecule has 0 heterocycles. The topological polar surface area (TPSA) is 0 Å². The van der Waals surface area contributed by atoms with Crippen LogP contribution in [0.5, 0.6) is 0 Å². The monoisotopic (exact) mass is 118 g/mol. The van der Waals surface area contributed by atoms with Gasteiger partial charge in [-0.1, -0.05) is 32.1 Å². The third kappa shape index (κ3) is 5.88. The van der Waals surface area contributed by atoms with Crippen LogP contribution in [0, 0.1) is 0 Å². The van der Waals surface area contributed by atoms with E-state index in [1.165, 1.54) is 32.1 Å². The van der Waals surface area contributed by atoms with Crippen molar-refractivity contribution < 1.29 is 0 Å². The zero-order chi connectivity index (χ0) is 3.54. The molecule has 0 aromatic heterocycles. The van der Waals surface area contributed by atoms with Gasteiger partial charge in [0.05, 0.1) is 0 Å². The summed E-state index contributed by atoms with van der Waals surface area (Å²) in [6.07, 6.45) is 7.50. The summed E-state index contributed by atoms with van der Waals surface area (Å²) in [7, 11) is 0. The van der Waals surface area contributed by atoms with Gasteiger partial charge in [-0.05, 0) is 0 Å². The fourth-order valence-corrected chi connectivity index (χ4v) is 0.884. The Morgan fingerprint density at radius 3 is 0.714 bits per heavy atom. The van der Waals surface area contributed by atoms with Crippen LogP contribution in [0.15, 0.2) is 0 Å². The van der Waals surface area contributed by atoms with Crippen LogP contribution >= 0.6 is 0 Å². The Morgan fingerprint density at radius 2 is 0.571 bits per heavy atom. The fourth-order valence-electron chi connectivity index (χ4n) is 0.884. The molecule has 1 rings (SSSR count). The van der Waals surface area contributed by atoms with Crippen LogP contribution in [0.2, 0.25) is 0 Å². The Labute approximate surface area is 90.0 Å². The number of hydrogen-bond acceptors (Lipinski definition) is 0. The summed E-state index contributed by atoms with van der Waals surface area (Å²) in [4.78, 5) is 0. The normalized spacial score (nSPS) is 17.1. The van der Waals surface area contributed by atoms with Crippen molar-refractivity contribution in [2.45, 2.75) is 32.1 Å². The summed E-state index contributed by atoms with van der Waals surface area (Å²) in [5.41, 5.74) is 0. The van der Waals surface area contributed by atoms with E-state index in [9.17, 15) is 0 Å².